The van der Waals surface area contributed by atoms with Crippen molar-refractivity contribution in [3.8, 4) is 5.75 Å². The minimum atomic E-state index is -0.634. The van der Waals surface area contributed by atoms with Crippen LogP contribution in [0.15, 0.2) is 84.9 Å². The summed E-state index contributed by atoms with van der Waals surface area (Å²) in [6.45, 7) is 3.30. The first-order chi connectivity index (χ1) is 17.1. The Bertz CT molecular complexity index is 1060. The summed E-state index contributed by atoms with van der Waals surface area (Å²) in [4.78, 5) is 28.5. The molecule has 0 fully saturated rings. The summed E-state index contributed by atoms with van der Waals surface area (Å²) in [5.74, 6) is 0.539. The quantitative estimate of drug-likeness (QED) is 0.313. The molecule has 0 unspecified atom stereocenters. The maximum atomic E-state index is 13.5. The number of nitrogens with zero attached hydrogens (tertiary/aromatic N) is 1. The summed E-state index contributed by atoms with van der Waals surface area (Å²) in [6.07, 6.45) is 2.08. The van der Waals surface area contributed by atoms with Crippen LogP contribution in [-0.4, -0.2) is 35.9 Å². The molecule has 3 aromatic rings. The number of carbonyl (C=O) groups excluding carboxylic acids is 2. The first-order valence-corrected chi connectivity index (χ1v) is 12.5. The second-order valence-corrected chi connectivity index (χ2v) is 8.85. The molecular formula is C29H33ClN2O3. The van der Waals surface area contributed by atoms with Gasteiger partial charge in [-0.2, -0.15) is 0 Å². The van der Waals surface area contributed by atoms with E-state index in [1.807, 2.05) is 85.8 Å². The first-order valence-electron chi connectivity index (χ1n) is 12.1. The molecule has 6 heteroatoms. The number of rotatable bonds is 13. The summed E-state index contributed by atoms with van der Waals surface area (Å²) in [6, 6.07) is 26.1. The highest BCUT2D eigenvalue weighted by Gasteiger charge is 2.30. The van der Waals surface area contributed by atoms with Crippen molar-refractivity contribution < 1.29 is 14.3 Å². The van der Waals surface area contributed by atoms with Gasteiger partial charge < -0.3 is 15.0 Å². The van der Waals surface area contributed by atoms with E-state index in [9.17, 15) is 9.59 Å². The minimum absolute atomic E-state index is 0.0887. The fourth-order valence-corrected chi connectivity index (χ4v) is 4.04. The molecule has 0 aliphatic heterocycles. The highest BCUT2D eigenvalue weighted by molar-refractivity contribution is 6.30. The summed E-state index contributed by atoms with van der Waals surface area (Å²) >= 11 is 6.21. The number of hydrogen-bond donors (Lipinski definition) is 1. The Labute approximate surface area is 213 Å². The summed E-state index contributed by atoms with van der Waals surface area (Å²) in [5.41, 5.74) is 1.88. The van der Waals surface area contributed by atoms with Gasteiger partial charge in [0.05, 0.1) is 6.61 Å². The van der Waals surface area contributed by atoms with Crippen LogP contribution in [0.25, 0.3) is 0 Å². The van der Waals surface area contributed by atoms with Crippen LogP contribution in [0.3, 0.4) is 0 Å². The largest absolute Gasteiger partial charge is 0.494 e. The fraction of sp³-hybridized carbons (Fsp3) is 0.310. The zero-order valence-corrected chi connectivity index (χ0v) is 20.9. The maximum absolute atomic E-state index is 13.5. The van der Waals surface area contributed by atoms with Crippen molar-refractivity contribution in [2.24, 2.45) is 0 Å². The maximum Gasteiger partial charge on any atom is 0.243 e. The van der Waals surface area contributed by atoms with Crippen molar-refractivity contribution in [1.82, 2.24) is 10.2 Å². The average molecular weight is 493 g/mol. The number of para-hydroxylation sites is 1. The van der Waals surface area contributed by atoms with Gasteiger partial charge in [0.1, 0.15) is 11.8 Å². The van der Waals surface area contributed by atoms with Crippen molar-refractivity contribution in [1.29, 1.82) is 0 Å². The Morgan fingerprint density at radius 3 is 2.31 bits per heavy atom. The molecule has 3 rings (SSSR count). The molecule has 0 saturated heterocycles. The summed E-state index contributed by atoms with van der Waals surface area (Å²) < 4.78 is 5.76. The monoisotopic (exact) mass is 492 g/mol. The van der Waals surface area contributed by atoms with Gasteiger partial charge in [0, 0.05) is 31.0 Å². The van der Waals surface area contributed by atoms with Crippen LogP contribution in [0, 0.1) is 0 Å². The molecule has 3 aromatic carbocycles. The van der Waals surface area contributed by atoms with Crippen LogP contribution in [0.5, 0.6) is 5.75 Å². The predicted molar refractivity (Wildman–Crippen MR) is 140 cm³/mol. The standard InChI is InChI=1S/C29H33ClN2O3/c1-2-18-31-29(34)27(21-23-11-5-3-6-12-23)32(22-24-13-9-14-25(30)20-24)28(33)17-10-19-35-26-15-7-4-8-16-26/h3-9,11-16,20,27H,2,10,17-19,21-22H2,1H3,(H,31,34)/t27-/m1/s1. The van der Waals surface area contributed by atoms with Crippen molar-refractivity contribution >= 4 is 23.4 Å². The normalized spacial score (nSPS) is 11.5. The number of halogens is 1. The van der Waals surface area contributed by atoms with Crippen LogP contribution < -0.4 is 10.1 Å². The van der Waals surface area contributed by atoms with E-state index in [1.54, 1.807) is 11.0 Å². The molecule has 0 heterocycles. The lowest BCUT2D eigenvalue weighted by molar-refractivity contribution is -0.141. The number of ether oxygens (including phenoxy) is 1. The minimum Gasteiger partial charge on any atom is -0.494 e. The topological polar surface area (TPSA) is 58.6 Å². The van der Waals surface area contributed by atoms with Gasteiger partial charge >= 0.3 is 0 Å². The average Bonchev–Trinajstić information content (AvgIpc) is 2.88. The molecule has 0 spiro atoms. The number of nitrogens with one attached hydrogen (secondary N) is 1. The van der Waals surface area contributed by atoms with E-state index in [0.717, 1.165) is 23.3 Å². The van der Waals surface area contributed by atoms with Gasteiger partial charge in [0.15, 0.2) is 0 Å². The van der Waals surface area contributed by atoms with Gasteiger partial charge in [-0.25, -0.2) is 0 Å². The fourth-order valence-electron chi connectivity index (χ4n) is 3.83. The van der Waals surface area contributed by atoms with E-state index in [2.05, 4.69) is 5.32 Å². The van der Waals surface area contributed by atoms with Crippen molar-refractivity contribution in [2.45, 2.75) is 45.2 Å². The zero-order valence-electron chi connectivity index (χ0n) is 20.2. The third kappa shape index (κ3) is 8.76. The molecule has 0 aromatic heterocycles. The van der Waals surface area contributed by atoms with Crippen LogP contribution in [-0.2, 0) is 22.6 Å². The lowest BCUT2D eigenvalue weighted by Gasteiger charge is -2.31. The Kier molecular flexibility index (Phi) is 10.6. The number of hydrogen-bond acceptors (Lipinski definition) is 3. The third-order valence-electron chi connectivity index (χ3n) is 5.61. The number of amides is 2. The molecule has 5 nitrogen and oxygen atoms in total. The lowest BCUT2D eigenvalue weighted by Crippen LogP contribution is -2.50. The second-order valence-electron chi connectivity index (χ2n) is 8.41. The lowest BCUT2D eigenvalue weighted by atomic mass is 10.0. The summed E-state index contributed by atoms with van der Waals surface area (Å²) in [5, 5.41) is 3.59. The molecule has 0 bridgehead atoms. The van der Waals surface area contributed by atoms with Crippen LogP contribution in [0.2, 0.25) is 5.02 Å². The molecule has 0 saturated carbocycles. The third-order valence-corrected chi connectivity index (χ3v) is 5.84. The first kappa shape index (κ1) is 26.3. The highest BCUT2D eigenvalue weighted by atomic mass is 35.5. The van der Waals surface area contributed by atoms with Gasteiger partial charge in [-0.15, -0.1) is 0 Å². The molecule has 1 atom stereocenters. The van der Waals surface area contributed by atoms with Crippen molar-refractivity contribution in [3.05, 3.63) is 101 Å². The van der Waals surface area contributed by atoms with Crippen LogP contribution in [0.4, 0.5) is 0 Å². The number of benzene rings is 3. The molecule has 35 heavy (non-hydrogen) atoms. The van der Waals surface area contributed by atoms with E-state index in [1.165, 1.54) is 0 Å². The van der Waals surface area contributed by atoms with Crippen LogP contribution in [0.1, 0.15) is 37.3 Å². The molecule has 0 aliphatic rings. The SMILES string of the molecule is CCCNC(=O)[C@@H](Cc1ccccc1)N(Cc1cccc(Cl)c1)C(=O)CCCOc1ccccc1. The van der Waals surface area contributed by atoms with Gasteiger partial charge in [-0.3, -0.25) is 9.59 Å². The van der Waals surface area contributed by atoms with Gasteiger partial charge in [-0.05, 0) is 48.2 Å². The molecule has 1 N–H and O–H groups in total. The Hall–Kier alpha value is -3.31. The Morgan fingerprint density at radius 2 is 1.63 bits per heavy atom. The Morgan fingerprint density at radius 1 is 0.943 bits per heavy atom. The van der Waals surface area contributed by atoms with E-state index in [0.29, 0.717) is 37.6 Å². The molecule has 0 aliphatic carbocycles. The van der Waals surface area contributed by atoms with Crippen molar-refractivity contribution in [3.63, 3.8) is 0 Å². The second kappa shape index (κ2) is 14.2. The van der Waals surface area contributed by atoms with Crippen molar-refractivity contribution in [2.75, 3.05) is 13.2 Å². The molecule has 2 amide bonds. The van der Waals surface area contributed by atoms with E-state index >= 15 is 0 Å². The van der Waals surface area contributed by atoms with Crippen LogP contribution >= 0.6 is 11.6 Å². The number of carbonyl (C=O) groups is 2. The molecule has 184 valence electrons. The van der Waals surface area contributed by atoms with E-state index < -0.39 is 6.04 Å². The smallest absolute Gasteiger partial charge is 0.243 e. The van der Waals surface area contributed by atoms with E-state index in [4.69, 9.17) is 16.3 Å². The van der Waals surface area contributed by atoms with Gasteiger partial charge in [-0.1, -0.05) is 79.2 Å². The Balaban J connectivity index is 1.78. The van der Waals surface area contributed by atoms with Gasteiger partial charge in [0.2, 0.25) is 11.8 Å². The molecule has 0 radical (unpaired) electrons. The highest BCUT2D eigenvalue weighted by Crippen LogP contribution is 2.19. The predicted octanol–water partition coefficient (Wildman–Crippen LogP) is 5.67. The zero-order chi connectivity index (χ0) is 24.9. The molecular weight excluding hydrogens is 460 g/mol. The van der Waals surface area contributed by atoms with Gasteiger partial charge in [0.25, 0.3) is 0 Å². The van der Waals surface area contributed by atoms with E-state index in [-0.39, 0.29) is 18.2 Å². The summed E-state index contributed by atoms with van der Waals surface area (Å²) in [7, 11) is 0.